The zero-order valence-electron chi connectivity index (χ0n) is 10.1. The van der Waals surface area contributed by atoms with Crippen molar-refractivity contribution in [1.82, 2.24) is 9.97 Å². The minimum absolute atomic E-state index is 0.317. The van der Waals surface area contributed by atoms with Crippen molar-refractivity contribution >= 4 is 0 Å². The molecular formula is C13H14FN3O. The summed E-state index contributed by atoms with van der Waals surface area (Å²) < 4.78 is 19.0. The van der Waals surface area contributed by atoms with Crippen molar-refractivity contribution in [2.75, 3.05) is 6.61 Å². The van der Waals surface area contributed by atoms with Gasteiger partial charge >= 0.3 is 0 Å². The molecule has 2 N–H and O–H groups in total. The summed E-state index contributed by atoms with van der Waals surface area (Å²) in [5.41, 5.74) is 7.39. The van der Waals surface area contributed by atoms with Crippen LogP contribution in [0.15, 0.2) is 30.7 Å². The third-order valence-electron chi connectivity index (χ3n) is 2.52. The Hall–Kier alpha value is -2.01. The van der Waals surface area contributed by atoms with Gasteiger partial charge in [-0.1, -0.05) is 0 Å². The van der Waals surface area contributed by atoms with Gasteiger partial charge in [-0.2, -0.15) is 0 Å². The summed E-state index contributed by atoms with van der Waals surface area (Å²) in [6.07, 6.45) is 4.26. The molecule has 2 aromatic rings. The van der Waals surface area contributed by atoms with Gasteiger partial charge in [0.05, 0.1) is 24.7 Å². The highest BCUT2D eigenvalue weighted by atomic mass is 19.1. The topological polar surface area (TPSA) is 61.0 Å². The summed E-state index contributed by atoms with van der Waals surface area (Å²) in [5.74, 6) is 0.232. The molecule has 18 heavy (non-hydrogen) atoms. The van der Waals surface area contributed by atoms with Crippen LogP contribution >= 0.6 is 0 Å². The molecule has 0 aromatic carbocycles. The van der Waals surface area contributed by atoms with E-state index in [1.807, 2.05) is 6.92 Å². The first kappa shape index (κ1) is 12.4. The Morgan fingerprint density at radius 3 is 2.89 bits per heavy atom. The Balaban J connectivity index is 2.44. The van der Waals surface area contributed by atoms with Crippen LogP contribution in [0.3, 0.4) is 0 Å². The zero-order chi connectivity index (χ0) is 13.0. The SMILES string of the molecule is CCOc1cnc(-c2ccncc2F)cc1CN. The molecule has 0 aliphatic heterocycles. The molecule has 2 heterocycles. The molecule has 0 radical (unpaired) electrons. The first-order valence-corrected chi connectivity index (χ1v) is 5.68. The van der Waals surface area contributed by atoms with Crippen LogP contribution in [0.1, 0.15) is 12.5 Å². The van der Waals surface area contributed by atoms with Crippen LogP contribution in [0, 0.1) is 5.82 Å². The lowest BCUT2D eigenvalue weighted by Gasteiger charge is -2.10. The quantitative estimate of drug-likeness (QED) is 0.899. The van der Waals surface area contributed by atoms with Crippen LogP contribution in [-0.2, 0) is 6.54 Å². The maximum Gasteiger partial charge on any atom is 0.150 e. The van der Waals surface area contributed by atoms with E-state index < -0.39 is 5.82 Å². The largest absolute Gasteiger partial charge is 0.492 e. The van der Waals surface area contributed by atoms with Gasteiger partial charge in [0.2, 0.25) is 0 Å². The lowest BCUT2D eigenvalue weighted by atomic mass is 10.1. The van der Waals surface area contributed by atoms with Gasteiger partial charge in [-0.15, -0.1) is 0 Å². The third kappa shape index (κ3) is 2.46. The number of nitrogens with two attached hydrogens (primary N) is 1. The summed E-state index contributed by atoms with van der Waals surface area (Å²) in [6, 6.07) is 3.32. The van der Waals surface area contributed by atoms with Crippen molar-refractivity contribution in [2.24, 2.45) is 5.73 Å². The van der Waals surface area contributed by atoms with Crippen molar-refractivity contribution in [1.29, 1.82) is 0 Å². The van der Waals surface area contributed by atoms with Crippen LogP contribution in [0.2, 0.25) is 0 Å². The summed E-state index contributed by atoms with van der Waals surface area (Å²) in [7, 11) is 0. The summed E-state index contributed by atoms with van der Waals surface area (Å²) in [6.45, 7) is 2.74. The van der Waals surface area contributed by atoms with Crippen LogP contribution in [0.25, 0.3) is 11.3 Å². The van der Waals surface area contributed by atoms with Crippen molar-refractivity contribution in [2.45, 2.75) is 13.5 Å². The molecule has 0 spiro atoms. The number of aromatic nitrogens is 2. The highest BCUT2D eigenvalue weighted by Gasteiger charge is 2.09. The van der Waals surface area contributed by atoms with Gasteiger partial charge in [0.15, 0.2) is 5.82 Å². The van der Waals surface area contributed by atoms with E-state index in [1.165, 1.54) is 6.20 Å². The van der Waals surface area contributed by atoms with Gasteiger partial charge < -0.3 is 10.5 Å². The number of nitrogens with zero attached hydrogens (tertiary/aromatic N) is 2. The number of pyridine rings is 2. The smallest absolute Gasteiger partial charge is 0.150 e. The monoisotopic (exact) mass is 247 g/mol. The van der Waals surface area contributed by atoms with E-state index in [4.69, 9.17) is 10.5 Å². The number of ether oxygens (including phenoxy) is 1. The molecule has 0 aliphatic rings. The van der Waals surface area contributed by atoms with Gasteiger partial charge in [-0.05, 0) is 19.1 Å². The molecule has 0 amide bonds. The lowest BCUT2D eigenvalue weighted by molar-refractivity contribution is 0.335. The van der Waals surface area contributed by atoms with Crippen LogP contribution < -0.4 is 10.5 Å². The molecule has 0 bridgehead atoms. The Kier molecular flexibility index (Phi) is 3.84. The van der Waals surface area contributed by atoms with Crippen molar-refractivity contribution < 1.29 is 9.13 Å². The van der Waals surface area contributed by atoms with E-state index in [0.717, 1.165) is 11.8 Å². The van der Waals surface area contributed by atoms with E-state index in [0.29, 0.717) is 30.2 Å². The Morgan fingerprint density at radius 1 is 1.39 bits per heavy atom. The molecule has 94 valence electrons. The van der Waals surface area contributed by atoms with Crippen molar-refractivity contribution in [3.05, 3.63) is 42.1 Å². The average molecular weight is 247 g/mol. The summed E-state index contributed by atoms with van der Waals surface area (Å²) >= 11 is 0. The average Bonchev–Trinajstić information content (AvgIpc) is 2.40. The molecule has 4 nitrogen and oxygen atoms in total. The number of halogens is 1. The lowest BCUT2D eigenvalue weighted by Crippen LogP contribution is -2.03. The van der Waals surface area contributed by atoms with E-state index in [2.05, 4.69) is 9.97 Å². The molecule has 0 aliphatic carbocycles. The maximum atomic E-state index is 13.6. The normalized spacial score (nSPS) is 10.4. The molecule has 0 saturated heterocycles. The van der Waals surface area contributed by atoms with Crippen LogP contribution in [0.4, 0.5) is 4.39 Å². The fraction of sp³-hybridized carbons (Fsp3) is 0.231. The minimum atomic E-state index is -0.405. The van der Waals surface area contributed by atoms with Crippen LogP contribution in [-0.4, -0.2) is 16.6 Å². The van der Waals surface area contributed by atoms with E-state index in [-0.39, 0.29) is 0 Å². The highest BCUT2D eigenvalue weighted by molar-refractivity contribution is 5.61. The van der Waals surface area contributed by atoms with Gasteiger partial charge in [0, 0.05) is 23.9 Å². The molecule has 2 rings (SSSR count). The second-order valence-corrected chi connectivity index (χ2v) is 3.67. The minimum Gasteiger partial charge on any atom is -0.492 e. The second kappa shape index (κ2) is 5.55. The third-order valence-corrected chi connectivity index (χ3v) is 2.52. The summed E-state index contributed by atoms with van der Waals surface area (Å²) in [4.78, 5) is 7.90. The Labute approximate surface area is 105 Å². The van der Waals surface area contributed by atoms with Gasteiger partial charge in [-0.25, -0.2) is 4.39 Å². The molecule has 0 unspecified atom stereocenters. The maximum absolute atomic E-state index is 13.6. The molecule has 0 fully saturated rings. The van der Waals surface area contributed by atoms with Gasteiger partial charge in [0.25, 0.3) is 0 Å². The molecule has 0 atom stereocenters. The van der Waals surface area contributed by atoms with E-state index in [9.17, 15) is 4.39 Å². The molecule has 0 saturated carbocycles. The number of hydrogen-bond acceptors (Lipinski definition) is 4. The zero-order valence-corrected chi connectivity index (χ0v) is 10.1. The second-order valence-electron chi connectivity index (χ2n) is 3.67. The molecular weight excluding hydrogens is 233 g/mol. The predicted molar refractivity (Wildman–Crippen MR) is 66.5 cm³/mol. The first-order chi connectivity index (χ1) is 8.76. The van der Waals surface area contributed by atoms with Crippen molar-refractivity contribution in [3.63, 3.8) is 0 Å². The predicted octanol–water partition coefficient (Wildman–Crippen LogP) is 2.14. The number of rotatable bonds is 4. The van der Waals surface area contributed by atoms with E-state index in [1.54, 1.807) is 18.3 Å². The van der Waals surface area contributed by atoms with E-state index >= 15 is 0 Å². The van der Waals surface area contributed by atoms with Crippen molar-refractivity contribution in [3.8, 4) is 17.0 Å². The Morgan fingerprint density at radius 2 is 2.22 bits per heavy atom. The number of hydrogen-bond donors (Lipinski definition) is 1. The highest BCUT2D eigenvalue weighted by Crippen LogP contribution is 2.25. The van der Waals surface area contributed by atoms with Gasteiger partial charge in [-0.3, -0.25) is 9.97 Å². The fourth-order valence-corrected chi connectivity index (χ4v) is 1.66. The fourth-order valence-electron chi connectivity index (χ4n) is 1.66. The standard InChI is InChI=1S/C13H14FN3O/c1-2-18-13-8-17-12(5-9(13)6-15)10-3-4-16-7-11(10)14/h3-5,7-8H,2,6,15H2,1H3. The van der Waals surface area contributed by atoms with Gasteiger partial charge in [0.1, 0.15) is 5.75 Å². The van der Waals surface area contributed by atoms with Crippen LogP contribution in [0.5, 0.6) is 5.75 Å². The Bertz CT molecular complexity index is 546. The first-order valence-electron chi connectivity index (χ1n) is 5.68. The molecule has 2 aromatic heterocycles. The summed E-state index contributed by atoms with van der Waals surface area (Å²) in [5, 5.41) is 0. The molecule has 5 heteroatoms.